The van der Waals surface area contributed by atoms with Gasteiger partial charge in [0.15, 0.2) is 0 Å². The second kappa shape index (κ2) is 6.88. The molecule has 0 amide bonds. The molecule has 0 fully saturated rings. The average Bonchev–Trinajstić information content (AvgIpc) is 2.75. The first-order chi connectivity index (χ1) is 9.88. The van der Waals surface area contributed by atoms with Gasteiger partial charge in [0.1, 0.15) is 6.54 Å². The average molecular weight is 365 g/mol. The Hall–Kier alpha value is -0.940. The van der Waals surface area contributed by atoms with E-state index in [0.29, 0.717) is 13.7 Å². The van der Waals surface area contributed by atoms with Gasteiger partial charge in [0.25, 0.3) is 0 Å². The Morgan fingerprint density at radius 2 is 1.90 bits per heavy atom. The van der Waals surface area contributed by atoms with Gasteiger partial charge in [-0.15, -0.1) is 11.3 Å². The first-order valence-corrected chi connectivity index (χ1v) is 8.02. The van der Waals surface area contributed by atoms with E-state index in [1.165, 1.54) is 11.3 Å². The molecule has 1 unspecified atom stereocenters. The van der Waals surface area contributed by atoms with Gasteiger partial charge in [0.05, 0.1) is 14.7 Å². The lowest BCUT2D eigenvalue weighted by atomic mass is 10.1. The fourth-order valence-electron chi connectivity index (χ4n) is 2.04. The van der Waals surface area contributed by atoms with Gasteiger partial charge in [-0.05, 0) is 37.3 Å². The van der Waals surface area contributed by atoms with Gasteiger partial charge >= 0.3 is 5.97 Å². The Balaban J connectivity index is 2.37. The molecule has 0 aliphatic carbocycles. The Labute approximate surface area is 141 Å². The van der Waals surface area contributed by atoms with Crippen molar-refractivity contribution in [2.24, 2.45) is 0 Å². The Morgan fingerprint density at radius 1 is 1.29 bits per heavy atom. The van der Waals surface area contributed by atoms with Gasteiger partial charge in [-0.2, -0.15) is 0 Å². The van der Waals surface area contributed by atoms with Gasteiger partial charge in [-0.1, -0.05) is 34.8 Å². The second-order valence-electron chi connectivity index (χ2n) is 4.45. The molecule has 3 nitrogen and oxygen atoms in total. The summed E-state index contributed by atoms with van der Waals surface area (Å²) in [5, 5.41) is 9.74. The standard InChI is InChI=1S/C14H12Cl3NO2S/c1-8(11-6-12(16)21-14(11)17)18(7-13(19)20)10-4-2-9(15)3-5-10/h2-6,8H,7H2,1H3,(H,19,20). The summed E-state index contributed by atoms with van der Waals surface area (Å²) in [6.07, 6.45) is 0. The molecule has 1 atom stereocenters. The minimum Gasteiger partial charge on any atom is -0.480 e. The molecule has 21 heavy (non-hydrogen) atoms. The topological polar surface area (TPSA) is 40.5 Å². The van der Waals surface area contributed by atoms with Gasteiger partial charge < -0.3 is 10.0 Å². The van der Waals surface area contributed by atoms with E-state index in [2.05, 4.69) is 0 Å². The summed E-state index contributed by atoms with van der Waals surface area (Å²) in [6.45, 7) is 1.74. The number of anilines is 1. The van der Waals surface area contributed by atoms with Gasteiger partial charge in [0, 0.05) is 16.3 Å². The van der Waals surface area contributed by atoms with Crippen molar-refractivity contribution in [2.45, 2.75) is 13.0 Å². The fourth-order valence-corrected chi connectivity index (χ4v) is 3.80. The highest BCUT2D eigenvalue weighted by Gasteiger charge is 2.22. The molecule has 112 valence electrons. The Morgan fingerprint density at radius 3 is 2.38 bits per heavy atom. The molecule has 0 radical (unpaired) electrons. The first-order valence-electron chi connectivity index (χ1n) is 6.07. The summed E-state index contributed by atoms with van der Waals surface area (Å²) in [5.41, 5.74) is 1.57. The first kappa shape index (κ1) is 16.4. The number of hydrogen-bond acceptors (Lipinski definition) is 3. The smallest absolute Gasteiger partial charge is 0.323 e. The highest BCUT2D eigenvalue weighted by Crippen LogP contribution is 2.38. The molecule has 7 heteroatoms. The van der Waals surface area contributed by atoms with Crippen LogP contribution in [-0.4, -0.2) is 17.6 Å². The van der Waals surface area contributed by atoms with Crippen LogP contribution in [0.4, 0.5) is 5.69 Å². The minimum absolute atomic E-state index is 0.146. The number of carbonyl (C=O) groups is 1. The number of nitrogens with zero attached hydrogens (tertiary/aromatic N) is 1. The molecule has 1 aromatic carbocycles. The number of aliphatic carboxylic acids is 1. The quantitative estimate of drug-likeness (QED) is 0.776. The number of benzene rings is 1. The monoisotopic (exact) mass is 363 g/mol. The van der Waals surface area contributed by atoms with Crippen LogP contribution in [0.2, 0.25) is 13.7 Å². The molecule has 2 aromatic rings. The zero-order valence-electron chi connectivity index (χ0n) is 11.0. The lowest BCUT2D eigenvalue weighted by molar-refractivity contribution is -0.135. The molecule has 1 aromatic heterocycles. The van der Waals surface area contributed by atoms with E-state index in [9.17, 15) is 4.79 Å². The Bertz CT molecular complexity index is 642. The van der Waals surface area contributed by atoms with Gasteiger partial charge in [-0.25, -0.2) is 0 Å². The van der Waals surface area contributed by atoms with Crippen molar-refractivity contribution in [1.29, 1.82) is 0 Å². The molecule has 0 bridgehead atoms. The third kappa shape index (κ3) is 4.04. The molecule has 2 rings (SSSR count). The molecule has 0 aliphatic heterocycles. The zero-order chi connectivity index (χ0) is 15.6. The van der Waals surface area contributed by atoms with Crippen LogP contribution >= 0.6 is 46.1 Å². The lowest BCUT2D eigenvalue weighted by Crippen LogP contribution is -2.32. The van der Waals surface area contributed by atoms with E-state index in [1.807, 2.05) is 6.92 Å². The van der Waals surface area contributed by atoms with E-state index < -0.39 is 5.97 Å². The molecule has 0 saturated heterocycles. The number of halogens is 3. The molecule has 1 heterocycles. The summed E-state index contributed by atoms with van der Waals surface area (Å²) in [6, 6.07) is 8.55. The number of carboxylic acid groups (broad SMARTS) is 1. The van der Waals surface area contributed by atoms with Crippen LogP contribution in [0.5, 0.6) is 0 Å². The van der Waals surface area contributed by atoms with E-state index in [1.54, 1.807) is 35.2 Å². The second-order valence-corrected chi connectivity index (χ2v) is 7.18. The number of hydrogen-bond donors (Lipinski definition) is 1. The van der Waals surface area contributed by atoms with Crippen LogP contribution in [0.1, 0.15) is 18.5 Å². The normalized spacial score (nSPS) is 12.2. The molecular formula is C14H12Cl3NO2S. The SMILES string of the molecule is CC(c1cc(Cl)sc1Cl)N(CC(=O)O)c1ccc(Cl)cc1. The van der Waals surface area contributed by atoms with Crippen LogP contribution in [0.3, 0.4) is 0 Å². The van der Waals surface area contributed by atoms with Crippen molar-refractivity contribution < 1.29 is 9.90 Å². The maximum absolute atomic E-state index is 11.2. The Kier molecular flexibility index (Phi) is 5.38. The molecular weight excluding hydrogens is 353 g/mol. The molecule has 0 spiro atoms. The number of carboxylic acids is 1. The van der Waals surface area contributed by atoms with Crippen LogP contribution in [0, 0.1) is 0 Å². The summed E-state index contributed by atoms with van der Waals surface area (Å²) in [7, 11) is 0. The van der Waals surface area contributed by atoms with Crippen LogP contribution < -0.4 is 4.90 Å². The highest BCUT2D eigenvalue weighted by molar-refractivity contribution is 7.20. The summed E-state index contributed by atoms with van der Waals surface area (Å²) in [5.74, 6) is -0.922. The van der Waals surface area contributed by atoms with E-state index in [4.69, 9.17) is 39.9 Å². The summed E-state index contributed by atoms with van der Waals surface area (Å²) in [4.78, 5) is 12.9. The van der Waals surface area contributed by atoms with Crippen molar-refractivity contribution in [3.63, 3.8) is 0 Å². The van der Waals surface area contributed by atoms with Crippen molar-refractivity contribution in [3.8, 4) is 0 Å². The van der Waals surface area contributed by atoms with Crippen molar-refractivity contribution in [2.75, 3.05) is 11.4 Å². The maximum Gasteiger partial charge on any atom is 0.323 e. The fraction of sp³-hybridized carbons (Fsp3) is 0.214. The molecule has 0 saturated carbocycles. The maximum atomic E-state index is 11.2. The van der Waals surface area contributed by atoms with E-state index in [0.717, 1.165) is 11.3 Å². The molecule has 1 N–H and O–H groups in total. The van der Waals surface area contributed by atoms with Crippen molar-refractivity contribution in [3.05, 3.63) is 49.6 Å². The van der Waals surface area contributed by atoms with Gasteiger partial charge in [0.2, 0.25) is 0 Å². The van der Waals surface area contributed by atoms with E-state index >= 15 is 0 Å². The predicted octanol–water partition coefficient (Wildman–Crippen LogP) is 5.36. The third-order valence-electron chi connectivity index (χ3n) is 3.06. The van der Waals surface area contributed by atoms with Gasteiger partial charge in [-0.3, -0.25) is 4.79 Å². The number of thiophene rings is 1. The summed E-state index contributed by atoms with van der Waals surface area (Å²) >= 11 is 19.3. The predicted molar refractivity (Wildman–Crippen MR) is 89.2 cm³/mol. The number of rotatable bonds is 5. The van der Waals surface area contributed by atoms with E-state index in [-0.39, 0.29) is 12.6 Å². The molecule has 0 aliphatic rings. The summed E-state index contributed by atoms with van der Waals surface area (Å²) < 4.78 is 1.14. The largest absolute Gasteiger partial charge is 0.480 e. The third-order valence-corrected chi connectivity index (χ3v) is 4.83. The van der Waals surface area contributed by atoms with Crippen LogP contribution in [0.15, 0.2) is 30.3 Å². The van der Waals surface area contributed by atoms with Crippen LogP contribution in [0.25, 0.3) is 0 Å². The zero-order valence-corrected chi connectivity index (χ0v) is 14.1. The minimum atomic E-state index is -0.922. The van der Waals surface area contributed by atoms with Crippen molar-refractivity contribution >= 4 is 57.8 Å². The van der Waals surface area contributed by atoms with Crippen LogP contribution in [-0.2, 0) is 4.79 Å². The van der Waals surface area contributed by atoms with Crippen molar-refractivity contribution in [1.82, 2.24) is 0 Å². The highest BCUT2D eigenvalue weighted by atomic mass is 35.5. The lowest BCUT2D eigenvalue weighted by Gasteiger charge is -2.29.